The van der Waals surface area contributed by atoms with Gasteiger partial charge in [-0.25, -0.2) is 0 Å². The Hall–Kier alpha value is -1.62. The Bertz CT molecular complexity index is 580. The first-order chi connectivity index (χ1) is 9.29. The topological polar surface area (TPSA) is 69.9 Å². The van der Waals surface area contributed by atoms with Crippen molar-refractivity contribution in [3.63, 3.8) is 0 Å². The lowest BCUT2D eigenvalue weighted by Gasteiger charge is -2.06. The Kier molecular flexibility index (Phi) is 2.48. The van der Waals surface area contributed by atoms with Crippen molar-refractivity contribution in [3.8, 4) is 0 Å². The summed E-state index contributed by atoms with van der Waals surface area (Å²) in [7, 11) is 0. The molecule has 2 aromatic heterocycles. The quantitative estimate of drug-likeness (QED) is 0.892. The normalized spacial score (nSPS) is 20.7. The molecule has 0 aromatic carbocycles. The van der Waals surface area contributed by atoms with E-state index in [2.05, 4.69) is 27.0 Å². The molecule has 0 saturated heterocycles. The lowest BCUT2D eigenvalue weighted by molar-refractivity contribution is 0.366. The monoisotopic (exact) mass is 258 g/mol. The molecule has 2 aliphatic rings. The third-order valence-corrected chi connectivity index (χ3v) is 4.03. The largest absolute Gasteiger partial charge is 0.345 e. The van der Waals surface area contributed by atoms with Crippen LogP contribution in [0.5, 0.6) is 0 Å². The van der Waals surface area contributed by atoms with Crippen LogP contribution in [0.1, 0.15) is 54.9 Å². The zero-order chi connectivity index (χ0) is 12.8. The molecule has 19 heavy (non-hydrogen) atoms. The molecule has 2 aliphatic carbocycles. The van der Waals surface area contributed by atoms with Crippen molar-refractivity contribution >= 4 is 0 Å². The summed E-state index contributed by atoms with van der Waals surface area (Å²) < 4.78 is 7.36. The number of rotatable bonds is 5. The van der Waals surface area contributed by atoms with Gasteiger partial charge in [0.15, 0.2) is 5.82 Å². The van der Waals surface area contributed by atoms with Crippen LogP contribution in [0.3, 0.4) is 0 Å². The van der Waals surface area contributed by atoms with Gasteiger partial charge in [-0.05, 0) is 43.2 Å². The molecule has 2 N–H and O–H groups in total. The molecule has 2 heterocycles. The van der Waals surface area contributed by atoms with Crippen LogP contribution in [0.25, 0.3) is 0 Å². The van der Waals surface area contributed by atoms with Gasteiger partial charge in [-0.2, -0.15) is 4.98 Å². The highest BCUT2D eigenvalue weighted by molar-refractivity contribution is 5.18. The van der Waals surface area contributed by atoms with E-state index in [-0.39, 0.29) is 6.04 Å². The van der Waals surface area contributed by atoms with Crippen molar-refractivity contribution in [1.29, 1.82) is 0 Å². The molecule has 0 aliphatic heterocycles. The number of nitrogens with zero attached hydrogens (tertiary/aromatic N) is 3. The van der Waals surface area contributed by atoms with Crippen LogP contribution in [0.4, 0.5) is 0 Å². The van der Waals surface area contributed by atoms with Crippen LogP contribution in [0.2, 0.25) is 0 Å². The maximum Gasteiger partial charge on any atom is 0.246 e. The highest BCUT2D eigenvalue weighted by atomic mass is 16.5. The molecule has 4 rings (SSSR count). The summed E-state index contributed by atoms with van der Waals surface area (Å²) in [6.07, 6.45) is 9.07. The van der Waals surface area contributed by atoms with Gasteiger partial charge in [-0.3, -0.25) is 0 Å². The van der Waals surface area contributed by atoms with Crippen LogP contribution in [0.15, 0.2) is 23.0 Å². The number of hydrogen-bond acceptors (Lipinski definition) is 4. The Morgan fingerprint density at radius 2 is 2.21 bits per heavy atom. The Morgan fingerprint density at radius 3 is 2.95 bits per heavy atom. The van der Waals surface area contributed by atoms with Crippen molar-refractivity contribution in [1.82, 2.24) is 14.7 Å². The van der Waals surface area contributed by atoms with Crippen LogP contribution in [-0.2, 0) is 6.54 Å². The van der Waals surface area contributed by atoms with E-state index >= 15 is 0 Å². The maximum atomic E-state index is 6.19. The lowest BCUT2D eigenvalue weighted by Crippen LogP contribution is -2.11. The third-order valence-electron chi connectivity index (χ3n) is 4.03. The summed E-state index contributed by atoms with van der Waals surface area (Å²) in [4.78, 5) is 4.44. The molecule has 1 atom stereocenters. The van der Waals surface area contributed by atoms with Crippen molar-refractivity contribution in [2.45, 2.75) is 44.2 Å². The minimum atomic E-state index is 0.186. The van der Waals surface area contributed by atoms with Crippen molar-refractivity contribution < 1.29 is 4.52 Å². The molecule has 0 bridgehead atoms. The molecular weight excluding hydrogens is 240 g/mol. The smallest absolute Gasteiger partial charge is 0.246 e. The zero-order valence-electron chi connectivity index (χ0n) is 10.8. The number of nitrogens with two attached hydrogens (primary N) is 1. The SMILES string of the molecule is NC(c1ccn(Cc2nc(C3CC3)no2)c1)C1CC1. The van der Waals surface area contributed by atoms with E-state index in [1.54, 1.807) is 0 Å². The van der Waals surface area contributed by atoms with Crippen LogP contribution in [0, 0.1) is 5.92 Å². The van der Waals surface area contributed by atoms with Gasteiger partial charge in [-0.1, -0.05) is 5.16 Å². The van der Waals surface area contributed by atoms with Gasteiger partial charge in [0, 0.05) is 24.4 Å². The van der Waals surface area contributed by atoms with Gasteiger partial charge in [0.25, 0.3) is 0 Å². The summed E-state index contributed by atoms with van der Waals surface area (Å²) in [5.74, 6) is 2.78. The summed E-state index contributed by atoms with van der Waals surface area (Å²) >= 11 is 0. The van der Waals surface area contributed by atoms with Gasteiger partial charge in [0.05, 0.1) is 0 Å². The van der Waals surface area contributed by atoms with Gasteiger partial charge >= 0.3 is 0 Å². The fourth-order valence-corrected chi connectivity index (χ4v) is 2.48. The van der Waals surface area contributed by atoms with Crippen LogP contribution in [-0.4, -0.2) is 14.7 Å². The average Bonchev–Trinajstić information content (AvgIpc) is 3.34. The highest BCUT2D eigenvalue weighted by Crippen LogP contribution is 2.39. The summed E-state index contributed by atoms with van der Waals surface area (Å²) in [6.45, 7) is 0.636. The molecule has 2 aromatic rings. The molecule has 100 valence electrons. The molecule has 0 radical (unpaired) electrons. The Morgan fingerprint density at radius 1 is 1.37 bits per heavy atom. The Balaban J connectivity index is 1.46. The van der Waals surface area contributed by atoms with E-state index < -0.39 is 0 Å². The fourth-order valence-electron chi connectivity index (χ4n) is 2.48. The van der Waals surface area contributed by atoms with E-state index in [9.17, 15) is 0 Å². The second-order valence-electron chi connectivity index (χ2n) is 5.80. The zero-order valence-corrected chi connectivity index (χ0v) is 10.8. The van der Waals surface area contributed by atoms with Crippen molar-refractivity contribution in [2.75, 3.05) is 0 Å². The summed E-state index contributed by atoms with van der Waals surface area (Å²) in [5, 5.41) is 4.03. The number of hydrogen-bond donors (Lipinski definition) is 1. The number of aromatic nitrogens is 3. The van der Waals surface area contributed by atoms with Gasteiger partial charge in [0.1, 0.15) is 6.54 Å². The second-order valence-corrected chi connectivity index (χ2v) is 5.80. The Labute approximate surface area is 111 Å². The minimum Gasteiger partial charge on any atom is -0.345 e. The summed E-state index contributed by atoms with van der Waals surface area (Å²) in [5.41, 5.74) is 7.41. The molecule has 0 spiro atoms. The third kappa shape index (κ3) is 2.30. The minimum absolute atomic E-state index is 0.186. The molecular formula is C14H18N4O. The first-order valence-corrected chi connectivity index (χ1v) is 7.03. The molecule has 5 heteroatoms. The average molecular weight is 258 g/mol. The van der Waals surface area contributed by atoms with E-state index in [0.29, 0.717) is 24.3 Å². The standard InChI is InChI=1S/C14H18N4O/c15-13(9-1-2-9)11-5-6-18(7-11)8-12-16-14(17-19-12)10-3-4-10/h5-7,9-10,13H,1-4,8,15H2. The lowest BCUT2D eigenvalue weighted by atomic mass is 10.1. The van der Waals surface area contributed by atoms with E-state index in [0.717, 1.165) is 5.82 Å². The maximum absolute atomic E-state index is 6.19. The molecule has 0 amide bonds. The van der Waals surface area contributed by atoms with Crippen molar-refractivity contribution in [2.24, 2.45) is 11.7 Å². The first-order valence-electron chi connectivity index (χ1n) is 7.03. The van der Waals surface area contributed by atoms with Crippen molar-refractivity contribution in [3.05, 3.63) is 35.7 Å². The van der Waals surface area contributed by atoms with Crippen LogP contribution < -0.4 is 5.73 Å². The van der Waals surface area contributed by atoms with E-state index in [4.69, 9.17) is 10.3 Å². The predicted molar refractivity (Wildman–Crippen MR) is 69.5 cm³/mol. The second kappa shape index (κ2) is 4.20. The summed E-state index contributed by atoms with van der Waals surface area (Å²) in [6, 6.07) is 2.28. The molecule has 1 unspecified atom stereocenters. The first kappa shape index (κ1) is 11.2. The van der Waals surface area contributed by atoms with Gasteiger partial charge in [0.2, 0.25) is 5.89 Å². The molecule has 2 fully saturated rings. The van der Waals surface area contributed by atoms with Gasteiger partial charge < -0.3 is 14.8 Å². The van der Waals surface area contributed by atoms with E-state index in [1.807, 2.05) is 6.20 Å². The molecule has 5 nitrogen and oxygen atoms in total. The predicted octanol–water partition coefficient (Wildman–Crippen LogP) is 2.21. The van der Waals surface area contributed by atoms with Crippen LogP contribution >= 0.6 is 0 Å². The van der Waals surface area contributed by atoms with Gasteiger partial charge in [-0.15, -0.1) is 0 Å². The van der Waals surface area contributed by atoms with E-state index in [1.165, 1.54) is 31.2 Å². The fraction of sp³-hybridized carbons (Fsp3) is 0.571. The highest BCUT2D eigenvalue weighted by Gasteiger charge is 2.30. The molecule has 2 saturated carbocycles.